The second-order valence-corrected chi connectivity index (χ2v) is 13.3. The molecule has 3 aromatic carbocycles. The Hall–Kier alpha value is -3.23. The van der Waals surface area contributed by atoms with E-state index in [1.165, 1.54) is 14.2 Å². The van der Waals surface area contributed by atoms with E-state index >= 15 is 0 Å². The van der Waals surface area contributed by atoms with Crippen LogP contribution in [0.4, 0.5) is 0 Å². The van der Waals surface area contributed by atoms with Crippen LogP contribution in [0.25, 0.3) is 0 Å². The molecule has 52 heavy (non-hydrogen) atoms. The first-order chi connectivity index (χ1) is 25.5. The number of ether oxygens (including phenoxy) is 9. The minimum atomic E-state index is -1.22. The van der Waals surface area contributed by atoms with E-state index in [4.69, 9.17) is 42.6 Å². The van der Waals surface area contributed by atoms with E-state index in [2.05, 4.69) is 0 Å². The van der Waals surface area contributed by atoms with Crippen LogP contribution >= 0.6 is 0 Å². The van der Waals surface area contributed by atoms with Crippen molar-refractivity contribution < 1.29 is 52.5 Å². The van der Waals surface area contributed by atoms with E-state index < -0.39 is 48.9 Å². The maximum Gasteiger partial charge on any atom is 0.337 e. The Morgan fingerprint density at radius 3 is 1.69 bits per heavy atom. The van der Waals surface area contributed by atoms with E-state index in [0.29, 0.717) is 32.8 Å². The third-order valence-corrected chi connectivity index (χ3v) is 9.91. The van der Waals surface area contributed by atoms with Gasteiger partial charge in [-0.1, -0.05) is 104 Å². The maximum atomic E-state index is 12.5. The average Bonchev–Trinajstić information content (AvgIpc) is 3.19. The zero-order valence-corrected chi connectivity index (χ0v) is 30.6. The number of benzene rings is 3. The summed E-state index contributed by atoms with van der Waals surface area (Å²) in [4.78, 5) is 12.5. The molecule has 11 nitrogen and oxygen atoms in total. The highest BCUT2D eigenvalue weighted by atomic mass is 16.7. The van der Waals surface area contributed by atoms with Gasteiger partial charge < -0.3 is 47.7 Å². The molecule has 10 atom stereocenters. The largest absolute Gasteiger partial charge is 0.467 e. The minimum absolute atomic E-state index is 0.117. The third kappa shape index (κ3) is 10.7. The highest BCUT2D eigenvalue weighted by Crippen LogP contribution is 2.36. The molecule has 284 valence electrons. The predicted molar refractivity (Wildman–Crippen MR) is 192 cm³/mol. The van der Waals surface area contributed by atoms with Gasteiger partial charge in [-0.3, -0.25) is 0 Å². The average molecular weight is 723 g/mol. The van der Waals surface area contributed by atoms with E-state index in [0.717, 1.165) is 36.0 Å². The smallest absolute Gasteiger partial charge is 0.337 e. The van der Waals surface area contributed by atoms with Crippen LogP contribution in [0.5, 0.6) is 0 Å². The molecule has 1 N–H and O–H groups in total. The van der Waals surface area contributed by atoms with Crippen LogP contribution in [-0.4, -0.2) is 101 Å². The standard InChI is InChI=1S/C41H54O11/c1-44-36-32(51-38(40(43)46-3)34(42)37(36)45-2)23-15-14-22-31-33(27-48-24-28-16-8-5-9-17-28)52-41(47-4)39(50-26-30-20-12-7-13-21-30)35(31)49-25-29-18-10-6-11-19-29/h5-13,16-21,31-39,41-42H,14-15,22-27H2,1-4H3. The molecule has 2 heterocycles. The summed E-state index contributed by atoms with van der Waals surface area (Å²) in [5.74, 6) is -0.770. The molecule has 3 aromatic rings. The number of esters is 1. The van der Waals surface area contributed by atoms with Crippen LogP contribution in [0.3, 0.4) is 0 Å². The highest BCUT2D eigenvalue weighted by Gasteiger charge is 2.50. The van der Waals surface area contributed by atoms with Gasteiger partial charge in [0.15, 0.2) is 12.4 Å². The van der Waals surface area contributed by atoms with Gasteiger partial charge in [-0.2, -0.15) is 0 Å². The summed E-state index contributed by atoms with van der Waals surface area (Å²) < 4.78 is 54.6. The van der Waals surface area contributed by atoms with Gasteiger partial charge in [0.25, 0.3) is 0 Å². The normalized spacial score (nSPS) is 29.1. The Morgan fingerprint density at radius 1 is 0.615 bits per heavy atom. The van der Waals surface area contributed by atoms with Crippen molar-refractivity contribution in [2.75, 3.05) is 35.0 Å². The Bertz CT molecular complexity index is 1430. The molecule has 0 aliphatic carbocycles. The molecule has 0 spiro atoms. The Morgan fingerprint density at radius 2 is 1.15 bits per heavy atom. The zero-order valence-electron chi connectivity index (χ0n) is 30.6. The number of methoxy groups -OCH3 is 4. The van der Waals surface area contributed by atoms with Crippen LogP contribution in [0.1, 0.15) is 42.4 Å². The number of aliphatic hydroxyl groups is 1. The lowest BCUT2D eigenvalue weighted by atomic mass is 9.84. The van der Waals surface area contributed by atoms with Crippen molar-refractivity contribution in [1.82, 2.24) is 0 Å². The predicted octanol–water partition coefficient (Wildman–Crippen LogP) is 5.25. The second-order valence-electron chi connectivity index (χ2n) is 13.3. The third-order valence-electron chi connectivity index (χ3n) is 9.91. The molecular weight excluding hydrogens is 668 g/mol. The Balaban J connectivity index is 1.34. The molecule has 0 bridgehead atoms. The molecule has 0 saturated carbocycles. The van der Waals surface area contributed by atoms with Crippen LogP contribution < -0.4 is 0 Å². The lowest BCUT2D eigenvalue weighted by Crippen LogP contribution is -2.61. The van der Waals surface area contributed by atoms with Gasteiger partial charge in [-0.25, -0.2) is 4.79 Å². The van der Waals surface area contributed by atoms with Crippen molar-refractivity contribution >= 4 is 5.97 Å². The van der Waals surface area contributed by atoms with E-state index in [1.807, 2.05) is 91.0 Å². The van der Waals surface area contributed by atoms with Crippen molar-refractivity contribution in [3.05, 3.63) is 108 Å². The fraction of sp³-hybridized carbons (Fsp3) is 0.537. The summed E-state index contributed by atoms with van der Waals surface area (Å²) in [5.41, 5.74) is 3.16. The summed E-state index contributed by atoms with van der Waals surface area (Å²) in [6.45, 7) is 1.54. The fourth-order valence-corrected chi connectivity index (χ4v) is 7.21. The lowest BCUT2D eigenvalue weighted by Gasteiger charge is -2.46. The molecule has 10 unspecified atom stereocenters. The molecule has 0 aromatic heterocycles. The van der Waals surface area contributed by atoms with Gasteiger partial charge in [-0.05, 0) is 29.5 Å². The number of hydrogen-bond donors (Lipinski definition) is 1. The van der Waals surface area contributed by atoms with E-state index in [-0.39, 0.29) is 18.1 Å². The molecule has 2 fully saturated rings. The number of carbonyl (C=O) groups excluding carboxylic acids is 1. The number of carbonyl (C=O) groups is 1. The molecule has 0 radical (unpaired) electrons. The first-order valence-corrected chi connectivity index (χ1v) is 18.0. The monoisotopic (exact) mass is 722 g/mol. The summed E-state index contributed by atoms with van der Waals surface area (Å²) in [6.07, 6.45) is -3.37. The lowest BCUT2D eigenvalue weighted by molar-refractivity contribution is -0.306. The van der Waals surface area contributed by atoms with Gasteiger partial charge in [0.1, 0.15) is 24.4 Å². The number of rotatable bonds is 19. The molecule has 5 rings (SSSR count). The van der Waals surface area contributed by atoms with Gasteiger partial charge in [0.2, 0.25) is 0 Å². The molecule has 2 aliphatic rings. The quantitative estimate of drug-likeness (QED) is 0.129. The van der Waals surface area contributed by atoms with Gasteiger partial charge in [0.05, 0.1) is 51.8 Å². The number of aliphatic hydroxyl groups excluding tert-OH is 1. The first kappa shape index (κ1) is 40.0. The van der Waals surface area contributed by atoms with Gasteiger partial charge >= 0.3 is 5.97 Å². The van der Waals surface area contributed by atoms with Crippen LogP contribution in [0, 0.1) is 5.92 Å². The second kappa shape index (κ2) is 20.9. The highest BCUT2D eigenvalue weighted by molar-refractivity contribution is 5.75. The van der Waals surface area contributed by atoms with Crippen molar-refractivity contribution in [3.8, 4) is 0 Å². The van der Waals surface area contributed by atoms with Crippen molar-refractivity contribution in [2.45, 2.75) is 101 Å². The molecule has 11 heteroatoms. The van der Waals surface area contributed by atoms with Gasteiger partial charge in [-0.15, -0.1) is 0 Å². The van der Waals surface area contributed by atoms with Crippen LogP contribution in [0.15, 0.2) is 91.0 Å². The number of hydrogen-bond acceptors (Lipinski definition) is 11. The van der Waals surface area contributed by atoms with E-state index in [1.54, 1.807) is 14.2 Å². The summed E-state index contributed by atoms with van der Waals surface area (Å²) in [6, 6.07) is 30.1. The zero-order chi connectivity index (χ0) is 36.7. The first-order valence-electron chi connectivity index (χ1n) is 18.0. The Labute approximate surface area is 307 Å². The van der Waals surface area contributed by atoms with Crippen molar-refractivity contribution in [1.29, 1.82) is 0 Å². The van der Waals surface area contributed by atoms with Crippen molar-refractivity contribution in [3.63, 3.8) is 0 Å². The van der Waals surface area contributed by atoms with E-state index in [9.17, 15) is 9.90 Å². The number of unbranched alkanes of at least 4 members (excludes halogenated alkanes) is 1. The topological polar surface area (TPSA) is 120 Å². The summed E-state index contributed by atoms with van der Waals surface area (Å²) in [5, 5.41) is 10.8. The van der Waals surface area contributed by atoms with Crippen LogP contribution in [0.2, 0.25) is 0 Å². The summed E-state index contributed by atoms with van der Waals surface area (Å²) in [7, 11) is 5.93. The molecule has 2 saturated heterocycles. The van der Waals surface area contributed by atoms with Crippen LogP contribution in [-0.2, 0) is 67.2 Å². The van der Waals surface area contributed by atoms with Gasteiger partial charge in [0, 0.05) is 27.2 Å². The molecule has 2 aliphatic heterocycles. The maximum absolute atomic E-state index is 12.5. The fourth-order valence-electron chi connectivity index (χ4n) is 7.21. The molecular formula is C41H54O11. The summed E-state index contributed by atoms with van der Waals surface area (Å²) >= 11 is 0. The molecule has 0 amide bonds. The Kier molecular flexibility index (Phi) is 16.0. The minimum Gasteiger partial charge on any atom is -0.467 e. The van der Waals surface area contributed by atoms with Crippen molar-refractivity contribution in [2.24, 2.45) is 5.92 Å². The SMILES string of the molecule is COC(=O)C1OC(CCCCC2C(COCc3ccccc3)OC(OC)C(OCc3ccccc3)C2OCc2ccccc2)C(OC)C(OC)C1O.